The number of ether oxygens (including phenoxy) is 1. The van der Waals surface area contributed by atoms with Crippen LogP contribution in [0, 0.1) is 6.92 Å². The Kier molecular flexibility index (Phi) is 6.21. The van der Waals surface area contributed by atoms with Crippen molar-refractivity contribution < 1.29 is 14.1 Å². The summed E-state index contributed by atoms with van der Waals surface area (Å²) in [6.45, 7) is 5.33. The normalized spacial score (nSPS) is 14.2. The van der Waals surface area contributed by atoms with E-state index in [1.807, 2.05) is 30.5 Å². The standard InChI is InChI=1S/C21H24N4O3S/c1-15-14-16(25-9-11-27-12-10-25)7-8-17(15)22-19(26)5-2-6-20-23-21(24-28-20)18-4-3-13-29-18/h3-4,7-8,13-14H,2,5-6,9-12H2,1H3,(H,22,26). The minimum absolute atomic E-state index is 0.00906. The first-order valence-corrected chi connectivity index (χ1v) is 10.7. The van der Waals surface area contributed by atoms with Gasteiger partial charge in [-0.15, -0.1) is 11.3 Å². The highest BCUT2D eigenvalue weighted by molar-refractivity contribution is 7.13. The molecular weight excluding hydrogens is 388 g/mol. The van der Waals surface area contributed by atoms with Gasteiger partial charge in [-0.1, -0.05) is 11.2 Å². The third kappa shape index (κ3) is 5.02. The highest BCUT2D eigenvalue weighted by Gasteiger charge is 2.14. The zero-order valence-corrected chi connectivity index (χ0v) is 17.2. The molecule has 0 saturated carbocycles. The monoisotopic (exact) mass is 412 g/mol. The molecule has 0 aliphatic carbocycles. The molecule has 1 aromatic carbocycles. The molecule has 3 aromatic rings. The number of morpholine rings is 1. The lowest BCUT2D eigenvalue weighted by Gasteiger charge is -2.29. The van der Waals surface area contributed by atoms with Crippen LogP contribution >= 0.6 is 11.3 Å². The predicted octanol–water partition coefficient (Wildman–Crippen LogP) is 3.90. The number of hydrogen-bond donors (Lipinski definition) is 1. The summed E-state index contributed by atoms with van der Waals surface area (Å²) >= 11 is 1.57. The summed E-state index contributed by atoms with van der Waals surface area (Å²) in [5.74, 6) is 1.16. The first kappa shape index (κ1) is 19.6. The highest BCUT2D eigenvalue weighted by Crippen LogP contribution is 2.24. The molecule has 1 fully saturated rings. The molecule has 1 saturated heterocycles. The largest absolute Gasteiger partial charge is 0.378 e. The maximum Gasteiger partial charge on any atom is 0.226 e. The molecule has 7 nitrogen and oxygen atoms in total. The average molecular weight is 413 g/mol. The van der Waals surface area contributed by atoms with Gasteiger partial charge in [0.05, 0.1) is 18.1 Å². The second kappa shape index (κ2) is 9.19. The molecule has 0 bridgehead atoms. The Morgan fingerprint density at radius 1 is 1.28 bits per heavy atom. The lowest BCUT2D eigenvalue weighted by molar-refractivity contribution is -0.116. The molecule has 0 atom stereocenters. The minimum Gasteiger partial charge on any atom is -0.378 e. The van der Waals surface area contributed by atoms with Gasteiger partial charge in [0, 0.05) is 37.3 Å². The summed E-state index contributed by atoms with van der Waals surface area (Å²) in [4.78, 5) is 20.0. The van der Waals surface area contributed by atoms with E-state index in [1.54, 1.807) is 11.3 Å². The van der Waals surface area contributed by atoms with E-state index in [9.17, 15) is 4.79 Å². The molecule has 0 unspecified atom stereocenters. The van der Waals surface area contributed by atoms with Crippen molar-refractivity contribution in [3.05, 3.63) is 47.2 Å². The predicted molar refractivity (Wildman–Crippen MR) is 113 cm³/mol. The number of aromatic nitrogens is 2. The number of anilines is 2. The van der Waals surface area contributed by atoms with Crippen LogP contribution in [0.5, 0.6) is 0 Å². The average Bonchev–Trinajstić information content (AvgIpc) is 3.42. The van der Waals surface area contributed by atoms with Crippen LogP contribution in [0.2, 0.25) is 0 Å². The molecule has 152 valence electrons. The van der Waals surface area contributed by atoms with E-state index in [1.165, 1.54) is 5.69 Å². The molecule has 8 heteroatoms. The second-order valence-electron chi connectivity index (χ2n) is 6.99. The maximum absolute atomic E-state index is 12.3. The number of rotatable bonds is 7. The summed E-state index contributed by atoms with van der Waals surface area (Å²) < 4.78 is 10.7. The lowest BCUT2D eigenvalue weighted by atomic mass is 10.1. The van der Waals surface area contributed by atoms with Crippen molar-refractivity contribution in [2.45, 2.75) is 26.2 Å². The summed E-state index contributed by atoms with van der Waals surface area (Å²) in [5.41, 5.74) is 3.08. The van der Waals surface area contributed by atoms with E-state index in [4.69, 9.17) is 9.26 Å². The number of carbonyl (C=O) groups excluding carboxylic acids is 1. The van der Waals surface area contributed by atoms with Gasteiger partial charge < -0.3 is 19.5 Å². The van der Waals surface area contributed by atoms with Crippen molar-refractivity contribution in [1.82, 2.24) is 10.1 Å². The Balaban J connectivity index is 1.26. The van der Waals surface area contributed by atoms with Gasteiger partial charge in [0.1, 0.15) is 0 Å². The number of amides is 1. The minimum atomic E-state index is -0.00906. The van der Waals surface area contributed by atoms with Gasteiger partial charge in [0.2, 0.25) is 17.6 Å². The van der Waals surface area contributed by atoms with Crippen LogP contribution in [0.15, 0.2) is 40.2 Å². The van der Waals surface area contributed by atoms with Gasteiger partial charge in [-0.2, -0.15) is 4.98 Å². The quantitative estimate of drug-likeness (QED) is 0.634. The molecule has 0 radical (unpaired) electrons. The maximum atomic E-state index is 12.3. The molecule has 1 N–H and O–H groups in total. The molecule has 4 rings (SSSR count). The molecule has 29 heavy (non-hydrogen) atoms. The Bertz CT molecular complexity index is 949. The fraction of sp³-hybridized carbons (Fsp3) is 0.381. The van der Waals surface area contributed by atoms with Gasteiger partial charge in [-0.05, 0) is 48.6 Å². The number of thiophene rings is 1. The van der Waals surface area contributed by atoms with Crippen LogP contribution < -0.4 is 10.2 Å². The summed E-state index contributed by atoms with van der Waals surface area (Å²) in [6, 6.07) is 10.1. The lowest BCUT2D eigenvalue weighted by Crippen LogP contribution is -2.36. The van der Waals surface area contributed by atoms with Crippen molar-refractivity contribution in [2.24, 2.45) is 0 Å². The first-order valence-electron chi connectivity index (χ1n) is 9.79. The van der Waals surface area contributed by atoms with Crippen molar-refractivity contribution in [2.75, 3.05) is 36.5 Å². The zero-order valence-electron chi connectivity index (χ0n) is 16.4. The van der Waals surface area contributed by atoms with E-state index in [0.29, 0.717) is 31.0 Å². The summed E-state index contributed by atoms with van der Waals surface area (Å²) in [6.07, 6.45) is 1.64. The number of benzene rings is 1. The molecular formula is C21H24N4O3S. The number of hydrogen-bond acceptors (Lipinski definition) is 7. The second-order valence-corrected chi connectivity index (χ2v) is 7.94. The summed E-state index contributed by atoms with van der Waals surface area (Å²) in [5, 5.41) is 8.98. The molecule has 1 aliphatic heterocycles. The molecule has 1 aliphatic rings. The van der Waals surface area contributed by atoms with Gasteiger partial charge in [0.25, 0.3) is 0 Å². The molecule has 1 amide bonds. The van der Waals surface area contributed by atoms with E-state index >= 15 is 0 Å². The van der Waals surface area contributed by atoms with Crippen molar-refractivity contribution in [1.29, 1.82) is 0 Å². The third-order valence-corrected chi connectivity index (χ3v) is 5.73. The Morgan fingerprint density at radius 2 is 2.14 bits per heavy atom. The number of carbonyl (C=O) groups is 1. The van der Waals surface area contributed by atoms with Crippen LogP contribution in [0.1, 0.15) is 24.3 Å². The van der Waals surface area contributed by atoms with Crippen molar-refractivity contribution in [3.8, 4) is 10.7 Å². The number of aryl methyl sites for hydroxylation is 2. The van der Waals surface area contributed by atoms with Crippen LogP contribution in [-0.4, -0.2) is 42.4 Å². The van der Waals surface area contributed by atoms with Gasteiger partial charge >= 0.3 is 0 Å². The Morgan fingerprint density at radius 3 is 2.90 bits per heavy atom. The van der Waals surface area contributed by atoms with Crippen molar-refractivity contribution in [3.63, 3.8) is 0 Å². The van der Waals surface area contributed by atoms with Crippen LogP contribution in [0.3, 0.4) is 0 Å². The van der Waals surface area contributed by atoms with Gasteiger partial charge in [0.15, 0.2) is 0 Å². The first-order chi connectivity index (χ1) is 14.2. The van der Waals surface area contributed by atoms with Gasteiger partial charge in [-0.3, -0.25) is 4.79 Å². The number of nitrogens with one attached hydrogen (secondary N) is 1. The van der Waals surface area contributed by atoms with E-state index in [-0.39, 0.29) is 5.91 Å². The fourth-order valence-electron chi connectivity index (χ4n) is 3.28. The fourth-order valence-corrected chi connectivity index (χ4v) is 3.93. The zero-order chi connectivity index (χ0) is 20.1. The molecule has 2 aromatic heterocycles. The van der Waals surface area contributed by atoms with Crippen LogP contribution in [0.25, 0.3) is 10.7 Å². The molecule has 0 spiro atoms. The molecule has 3 heterocycles. The van der Waals surface area contributed by atoms with E-state index in [0.717, 1.165) is 42.4 Å². The Hall–Kier alpha value is -2.71. The smallest absolute Gasteiger partial charge is 0.226 e. The topological polar surface area (TPSA) is 80.5 Å². The van der Waals surface area contributed by atoms with E-state index in [2.05, 4.69) is 32.5 Å². The Labute approximate surface area is 173 Å². The number of nitrogens with zero attached hydrogens (tertiary/aromatic N) is 3. The van der Waals surface area contributed by atoms with Gasteiger partial charge in [-0.25, -0.2) is 0 Å². The summed E-state index contributed by atoms with van der Waals surface area (Å²) in [7, 11) is 0. The third-order valence-electron chi connectivity index (χ3n) is 4.86. The van der Waals surface area contributed by atoms with E-state index < -0.39 is 0 Å². The highest BCUT2D eigenvalue weighted by atomic mass is 32.1. The van der Waals surface area contributed by atoms with Crippen LogP contribution in [-0.2, 0) is 16.0 Å². The van der Waals surface area contributed by atoms with Crippen molar-refractivity contribution >= 4 is 28.6 Å². The SMILES string of the molecule is Cc1cc(N2CCOCC2)ccc1NC(=O)CCCc1nc(-c2cccs2)no1. The van der Waals surface area contributed by atoms with Crippen LogP contribution in [0.4, 0.5) is 11.4 Å².